The minimum atomic E-state index is -0.446. The van der Waals surface area contributed by atoms with E-state index in [4.69, 9.17) is 0 Å². The van der Waals surface area contributed by atoms with E-state index in [1.807, 2.05) is 0 Å². The van der Waals surface area contributed by atoms with E-state index < -0.39 is 7.92 Å². The molecule has 0 heterocycles. The van der Waals surface area contributed by atoms with Crippen molar-refractivity contribution in [2.45, 2.75) is 0 Å². The van der Waals surface area contributed by atoms with Crippen LogP contribution in [0, 0.1) is 0 Å². The Morgan fingerprint density at radius 2 is 0.650 bits per heavy atom. The largest absolute Gasteiger partial charge is 0.0622 e. The van der Waals surface area contributed by atoms with Crippen molar-refractivity contribution in [3.8, 4) is 0 Å². The molecule has 0 aliphatic heterocycles. The second-order valence-corrected chi connectivity index (χ2v) is 6.56. The van der Waals surface area contributed by atoms with Crippen LogP contribution in [-0.4, -0.2) is 0 Å². The number of hydrogen-bond donors (Lipinski definition) is 0. The van der Waals surface area contributed by atoms with E-state index in [-0.39, 0.29) is 20.4 Å². The second-order valence-electron chi connectivity index (χ2n) is 4.34. The van der Waals surface area contributed by atoms with Crippen molar-refractivity contribution >= 4 is 23.8 Å². The van der Waals surface area contributed by atoms with Gasteiger partial charge in [0.1, 0.15) is 0 Å². The maximum Gasteiger partial charge on any atom is 0 e. The summed E-state index contributed by atoms with van der Waals surface area (Å²) >= 11 is 0. The third-order valence-corrected chi connectivity index (χ3v) is 5.49. The average Bonchev–Trinajstić information content (AvgIpc) is 2.51. The van der Waals surface area contributed by atoms with Crippen LogP contribution in [0.25, 0.3) is 0 Å². The van der Waals surface area contributed by atoms with Crippen LogP contribution in [0.3, 0.4) is 0 Å². The van der Waals surface area contributed by atoms with Crippen molar-refractivity contribution in [3.05, 3.63) is 91.0 Å². The number of rotatable bonds is 3. The summed E-state index contributed by atoms with van der Waals surface area (Å²) in [4.78, 5) is 0. The molecule has 0 saturated carbocycles. The summed E-state index contributed by atoms with van der Waals surface area (Å²) in [7, 11) is -0.446. The predicted molar refractivity (Wildman–Crippen MR) is 85.1 cm³/mol. The van der Waals surface area contributed by atoms with Gasteiger partial charge in [-0.1, -0.05) is 91.0 Å². The molecule has 99 valence electrons. The molecule has 0 spiro atoms. The molecule has 0 aromatic heterocycles. The van der Waals surface area contributed by atoms with Crippen LogP contribution in [0.15, 0.2) is 91.0 Å². The van der Waals surface area contributed by atoms with Crippen molar-refractivity contribution in [1.29, 1.82) is 0 Å². The van der Waals surface area contributed by atoms with Gasteiger partial charge in [-0.05, 0) is 23.8 Å². The summed E-state index contributed by atoms with van der Waals surface area (Å²) in [6.07, 6.45) is 0. The number of benzene rings is 3. The molecule has 0 saturated heterocycles. The molecule has 0 bridgehead atoms. The molecule has 0 aliphatic rings. The van der Waals surface area contributed by atoms with Crippen LogP contribution in [0.5, 0.6) is 0 Å². The van der Waals surface area contributed by atoms with E-state index in [9.17, 15) is 0 Å². The van der Waals surface area contributed by atoms with Crippen molar-refractivity contribution in [3.63, 3.8) is 0 Å². The fourth-order valence-corrected chi connectivity index (χ4v) is 4.48. The first-order valence-electron chi connectivity index (χ1n) is 6.40. The quantitative estimate of drug-likeness (QED) is 0.539. The maximum atomic E-state index is 2.23. The second kappa shape index (κ2) is 7.51. The molecule has 20 heavy (non-hydrogen) atoms. The standard InChI is InChI=1S/C18H15P.Re/c1-4-10-16(11-5-1)19(17-12-6-2-7-13-17)18-14-8-3-9-15-18;/h1-15H;. The first-order valence-corrected chi connectivity index (χ1v) is 7.74. The zero-order valence-electron chi connectivity index (χ0n) is 11.0. The van der Waals surface area contributed by atoms with Crippen molar-refractivity contribution in [2.75, 3.05) is 0 Å². The third kappa shape index (κ3) is 3.44. The monoisotopic (exact) mass is 449 g/mol. The van der Waals surface area contributed by atoms with Gasteiger partial charge in [-0.25, -0.2) is 0 Å². The first-order chi connectivity index (χ1) is 9.45. The van der Waals surface area contributed by atoms with Crippen molar-refractivity contribution in [1.82, 2.24) is 0 Å². The minimum Gasteiger partial charge on any atom is -0.0622 e. The smallest absolute Gasteiger partial charge is 0 e. The topological polar surface area (TPSA) is 0 Å². The molecule has 2 heteroatoms. The Morgan fingerprint density at radius 1 is 0.400 bits per heavy atom. The van der Waals surface area contributed by atoms with Crippen molar-refractivity contribution in [2.24, 2.45) is 0 Å². The molecule has 0 atom stereocenters. The molecule has 0 amide bonds. The minimum absolute atomic E-state index is 0. The van der Waals surface area contributed by atoms with Gasteiger partial charge >= 0.3 is 0 Å². The van der Waals surface area contributed by atoms with Crippen LogP contribution in [0.1, 0.15) is 0 Å². The Morgan fingerprint density at radius 3 is 0.900 bits per heavy atom. The van der Waals surface area contributed by atoms with Crippen LogP contribution >= 0.6 is 7.92 Å². The van der Waals surface area contributed by atoms with Gasteiger partial charge in [0, 0.05) is 20.4 Å². The Balaban J connectivity index is 0.00000147. The van der Waals surface area contributed by atoms with Gasteiger partial charge in [-0.15, -0.1) is 0 Å². The van der Waals surface area contributed by atoms with Gasteiger partial charge in [-0.3, -0.25) is 0 Å². The molecule has 0 aliphatic carbocycles. The third-order valence-electron chi connectivity index (χ3n) is 3.04. The summed E-state index contributed by atoms with van der Waals surface area (Å²) in [6.45, 7) is 0. The van der Waals surface area contributed by atoms with E-state index in [0.717, 1.165) is 0 Å². The molecular weight excluding hydrogens is 433 g/mol. The summed E-state index contributed by atoms with van der Waals surface area (Å²) < 4.78 is 0. The molecule has 3 aromatic rings. The van der Waals surface area contributed by atoms with Gasteiger partial charge in [-0.2, -0.15) is 0 Å². The molecular formula is C18H15PRe. The fraction of sp³-hybridized carbons (Fsp3) is 0. The van der Waals surface area contributed by atoms with Gasteiger partial charge in [0.25, 0.3) is 0 Å². The summed E-state index contributed by atoms with van der Waals surface area (Å²) in [6, 6.07) is 32.3. The van der Waals surface area contributed by atoms with Crippen LogP contribution in [0.4, 0.5) is 0 Å². The Hall–Kier alpha value is -1.25. The van der Waals surface area contributed by atoms with E-state index >= 15 is 0 Å². The predicted octanol–water partition coefficient (Wildman–Crippen LogP) is 3.44. The normalized spacial score (nSPS) is 10.1. The van der Waals surface area contributed by atoms with Gasteiger partial charge in [0.2, 0.25) is 0 Å². The zero-order chi connectivity index (χ0) is 12.9. The number of hydrogen-bond acceptors (Lipinski definition) is 0. The van der Waals surface area contributed by atoms with Crippen molar-refractivity contribution < 1.29 is 20.4 Å². The van der Waals surface area contributed by atoms with Gasteiger partial charge in [0.05, 0.1) is 0 Å². The van der Waals surface area contributed by atoms with E-state index in [2.05, 4.69) is 91.0 Å². The van der Waals surface area contributed by atoms with Crippen LogP contribution in [-0.2, 0) is 20.4 Å². The van der Waals surface area contributed by atoms with E-state index in [0.29, 0.717) is 0 Å². The molecule has 0 fully saturated rings. The first kappa shape index (κ1) is 15.1. The van der Waals surface area contributed by atoms with E-state index in [1.54, 1.807) is 0 Å². The van der Waals surface area contributed by atoms with Crippen LogP contribution in [0.2, 0.25) is 0 Å². The summed E-state index contributed by atoms with van der Waals surface area (Å²) in [5.41, 5.74) is 0. The zero-order valence-corrected chi connectivity index (χ0v) is 14.6. The van der Waals surface area contributed by atoms with Gasteiger partial charge < -0.3 is 0 Å². The molecule has 1 radical (unpaired) electrons. The molecule has 0 N–H and O–H groups in total. The fourth-order valence-electron chi connectivity index (χ4n) is 2.18. The Labute approximate surface area is 135 Å². The van der Waals surface area contributed by atoms with E-state index in [1.165, 1.54) is 15.9 Å². The van der Waals surface area contributed by atoms with Crippen LogP contribution < -0.4 is 15.9 Å². The average molecular weight is 448 g/mol. The van der Waals surface area contributed by atoms with Gasteiger partial charge in [0.15, 0.2) is 0 Å². The molecule has 0 unspecified atom stereocenters. The Bertz CT molecular complexity index is 529. The molecule has 0 nitrogen and oxygen atoms in total. The Kier molecular flexibility index (Phi) is 5.69. The molecule has 3 rings (SSSR count). The summed E-state index contributed by atoms with van der Waals surface area (Å²) in [5, 5.41) is 4.19. The molecule has 3 aromatic carbocycles. The maximum absolute atomic E-state index is 2.23. The summed E-state index contributed by atoms with van der Waals surface area (Å²) in [5.74, 6) is 0. The SMILES string of the molecule is [Re].c1ccc(P(c2ccccc2)c2ccccc2)cc1.